The van der Waals surface area contributed by atoms with Crippen LogP contribution in [0.5, 0.6) is 0 Å². The van der Waals surface area contributed by atoms with E-state index >= 15 is 0 Å². The van der Waals surface area contributed by atoms with Crippen molar-refractivity contribution in [2.45, 2.75) is 95.5 Å². The summed E-state index contributed by atoms with van der Waals surface area (Å²) in [5, 5.41) is 28.8. The van der Waals surface area contributed by atoms with Gasteiger partial charge in [0.25, 0.3) is 0 Å². The Hall–Kier alpha value is -0.460. The monoisotopic (exact) mass is 358 g/mol. The highest BCUT2D eigenvalue weighted by molar-refractivity contribution is 4.87. The highest BCUT2D eigenvalue weighted by Gasteiger charge is 2.38. The molecule has 0 amide bonds. The summed E-state index contributed by atoms with van der Waals surface area (Å²) in [4.78, 5) is 0. The fraction of sp³-hybridized carbons (Fsp3) is 0.900. The molecule has 1 fully saturated rings. The molecule has 148 valence electrons. The quantitative estimate of drug-likeness (QED) is 0.329. The van der Waals surface area contributed by atoms with Crippen LogP contribution in [0.25, 0.3) is 0 Å². The van der Waals surface area contributed by atoms with Gasteiger partial charge in [-0.05, 0) is 25.7 Å². The van der Waals surface area contributed by atoms with Gasteiger partial charge in [0.1, 0.15) is 24.4 Å². The van der Waals surface area contributed by atoms with Crippen molar-refractivity contribution in [3.63, 3.8) is 0 Å². The minimum atomic E-state index is -1.08. The van der Waals surface area contributed by atoms with Gasteiger partial charge in [0.15, 0.2) is 0 Å². The van der Waals surface area contributed by atoms with Crippen molar-refractivity contribution in [2.75, 3.05) is 19.8 Å². The number of unbranched alkanes of at least 4 members (excludes halogenated alkanes) is 8. The van der Waals surface area contributed by atoms with Crippen molar-refractivity contribution >= 4 is 0 Å². The van der Waals surface area contributed by atoms with E-state index in [0.717, 1.165) is 19.3 Å². The maximum absolute atomic E-state index is 9.96. The van der Waals surface area contributed by atoms with E-state index in [0.29, 0.717) is 6.61 Å². The molecule has 1 aliphatic heterocycles. The Bertz CT molecular complexity index is 334. The zero-order valence-electron chi connectivity index (χ0n) is 15.8. The third-order valence-electron chi connectivity index (χ3n) is 4.77. The van der Waals surface area contributed by atoms with Crippen molar-refractivity contribution in [1.82, 2.24) is 0 Å². The van der Waals surface area contributed by atoms with E-state index < -0.39 is 24.4 Å². The Labute approximate surface area is 153 Å². The van der Waals surface area contributed by atoms with Gasteiger partial charge in [0, 0.05) is 6.61 Å². The lowest BCUT2D eigenvalue weighted by Gasteiger charge is -2.36. The molecule has 0 spiro atoms. The molecule has 0 radical (unpaired) electrons. The molecular weight excluding hydrogens is 320 g/mol. The van der Waals surface area contributed by atoms with Crippen LogP contribution in [-0.2, 0) is 9.47 Å². The molecule has 0 aliphatic carbocycles. The Morgan fingerprint density at radius 2 is 1.56 bits per heavy atom. The zero-order chi connectivity index (χ0) is 18.3. The molecule has 0 saturated carbocycles. The second-order valence-corrected chi connectivity index (χ2v) is 6.94. The Balaban J connectivity index is 1.90. The number of aliphatic hydroxyl groups is 3. The summed E-state index contributed by atoms with van der Waals surface area (Å²) in [6, 6.07) is 0. The molecule has 1 aliphatic rings. The molecule has 0 aromatic heterocycles. The second-order valence-electron chi connectivity index (χ2n) is 6.94. The van der Waals surface area contributed by atoms with E-state index in [1.165, 1.54) is 44.9 Å². The van der Waals surface area contributed by atoms with Crippen molar-refractivity contribution in [1.29, 1.82) is 0 Å². The molecule has 5 heteroatoms. The van der Waals surface area contributed by atoms with Gasteiger partial charge in [0.2, 0.25) is 0 Å². The van der Waals surface area contributed by atoms with Gasteiger partial charge in [-0.25, -0.2) is 0 Å². The summed E-state index contributed by atoms with van der Waals surface area (Å²) in [5.74, 6) is 0. The summed E-state index contributed by atoms with van der Waals surface area (Å²) < 4.78 is 10.9. The van der Waals surface area contributed by atoms with E-state index in [9.17, 15) is 10.2 Å². The van der Waals surface area contributed by atoms with E-state index in [-0.39, 0.29) is 13.2 Å². The molecule has 0 unspecified atom stereocenters. The first kappa shape index (κ1) is 22.6. The van der Waals surface area contributed by atoms with Crippen LogP contribution in [0.15, 0.2) is 12.2 Å². The van der Waals surface area contributed by atoms with Crippen LogP contribution < -0.4 is 0 Å². The van der Waals surface area contributed by atoms with E-state index in [1.54, 1.807) is 0 Å². The number of hydrogen-bond acceptors (Lipinski definition) is 5. The Morgan fingerprint density at radius 1 is 0.920 bits per heavy atom. The van der Waals surface area contributed by atoms with E-state index in [2.05, 4.69) is 19.1 Å². The first-order chi connectivity index (χ1) is 12.2. The molecule has 1 rings (SSSR count). The van der Waals surface area contributed by atoms with Crippen LogP contribution in [0.1, 0.15) is 71.1 Å². The summed E-state index contributed by atoms with van der Waals surface area (Å²) in [6.45, 7) is 2.67. The second kappa shape index (κ2) is 14.7. The fourth-order valence-electron chi connectivity index (χ4n) is 3.11. The van der Waals surface area contributed by atoms with Crippen molar-refractivity contribution in [3.8, 4) is 0 Å². The molecule has 0 bridgehead atoms. The number of aliphatic hydroxyl groups excluding tert-OH is 3. The predicted molar refractivity (Wildman–Crippen MR) is 99.6 cm³/mol. The first-order valence-corrected chi connectivity index (χ1v) is 10.1. The minimum absolute atomic E-state index is 0.219. The van der Waals surface area contributed by atoms with E-state index in [1.807, 2.05) is 0 Å². The average Bonchev–Trinajstić information content (AvgIpc) is 2.62. The van der Waals surface area contributed by atoms with Crippen molar-refractivity contribution < 1.29 is 24.8 Å². The van der Waals surface area contributed by atoms with Gasteiger partial charge in [0.05, 0.1) is 13.2 Å². The van der Waals surface area contributed by atoms with Gasteiger partial charge in [-0.2, -0.15) is 0 Å². The summed E-state index contributed by atoms with van der Waals surface area (Å²) in [5.41, 5.74) is 0. The van der Waals surface area contributed by atoms with Crippen LogP contribution in [0.2, 0.25) is 0 Å². The SMILES string of the molecule is CC/C=C/CCCCCCCCCCO[C@H]1CO[C@H](CO)[C@@H](O)[C@@H]1O. The van der Waals surface area contributed by atoms with Crippen molar-refractivity contribution in [2.24, 2.45) is 0 Å². The number of rotatable bonds is 14. The summed E-state index contributed by atoms with van der Waals surface area (Å²) in [6.07, 6.45) is 13.5. The largest absolute Gasteiger partial charge is 0.394 e. The summed E-state index contributed by atoms with van der Waals surface area (Å²) >= 11 is 0. The van der Waals surface area contributed by atoms with E-state index in [4.69, 9.17) is 14.6 Å². The molecule has 1 heterocycles. The van der Waals surface area contributed by atoms with Gasteiger partial charge >= 0.3 is 0 Å². The highest BCUT2D eigenvalue weighted by atomic mass is 16.6. The number of allylic oxidation sites excluding steroid dienone is 2. The molecule has 3 N–H and O–H groups in total. The fourth-order valence-corrected chi connectivity index (χ4v) is 3.11. The maximum atomic E-state index is 9.96. The van der Waals surface area contributed by atoms with Crippen LogP contribution >= 0.6 is 0 Å². The Morgan fingerprint density at radius 3 is 2.20 bits per heavy atom. The third kappa shape index (κ3) is 9.71. The van der Waals surface area contributed by atoms with Crippen LogP contribution in [0.4, 0.5) is 0 Å². The molecule has 1 saturated heterocycles. The van der Waals surface area contributed by atoms with Gasteiger partial charge in [-0.15, -0.1) is 0 Å². The normalized spacial score (nSPS) is 27.2. The van der Waals surface area contributed by atoms with Crippen molar-refractivity contribution in [3.05, 3.63) is 12.2 Å². The number of ether oxygens (including phenoxy) is 2. The lowest BCUT2D eigenvalue weighted by Crippen LogP contribution is -2.55. The molecular formula is C20H38O5. The maximum Gasteiger partial charge on any atom is 0.111 e. The third-order valence-corrected chi connectivity index (χ3v) is 4.77. The molecule has 0 aromatic carbocycles. The lowest BCUT2D eigenvalue weighted by molar-refractivity contribution is -0.208. The zero-order valence-corrected chi connectivity index (χ0v) is 15.8. The van der Waals surface area contributed by atoms with Crippen LogP contribution in [0.3, 0.4) is 0 Å². The molecule has 0 aromatic rings. The topological polar surface area (TPSA) is 79.2 Å². The standard InChI is InChI=1S/C20H38O5/c1-2-3-4-5-6-7-8-9-10-11-12-13-14-24-18-16-25-17(15-21)19(22)20(18)23/h3-4,17-23H,2,5-16H2,1H3/b4-3+/t17-,18+,19-,20-/m1/s1. The first-order valence-electron chi connectivity index (χ1n) is 10.1. The van der Waals surface area contributed by atoms with Gasteiger partial charge in [-0.1, -0.05) is 57.6 Å². The molecule has 4 atom stereocenters. The van der Waals surface area contributed by atoms with Crippen LogP contribution in [-0.4, -0.2) is 59.6 Å². The smallest absolute Gasteiger partial charge is 0.111 e. The molecule has 5 nitrogen and oxygen atoms in total. The average molecular weight is 359 g/mol. The van der Waals surface area contributed by atoms with Gasteiger partial charge < -0.3 is 24.8 Å². The Kier molecular flexibility index (Phi) is 13.3. The molecule has 25 heavy (non-hydrogen) atoms. The highest BCUT2D eigenvalue weighted by Crippen LogP contribution is 2.18. The number of hydrogen-bond donors (Lipinski definition) is 3. The minimum Gasteiger partial charge on any atom is -0.394 e. The van der Waals surface area contributed by atoms with Gasteiger partial charge in [-0.3, -0.25) is 0 Å². The predicted octanol–water partition coefficient (Wildman–Crippen LogP) is 2.96. The van der Waals surface area contributed by atoms with Crippen LogP contribution in [0, 0.1) is 0 Å². The lowest BCUT2D eigenvalue weighted by atomic mass is 10.0. The summed E-state index contributed by atoms with van der Waals surface area (Å²) in [7, 11) is 0.